The van der Waals surface area contributed by atoms with Crippen molar-refractivity contribution in [3.8, 4) is 0 Å². The van der Waals surface area contributed by atoms with Crippen LogP contribution in [0.5, 0.6) is 0 Å². The van der Waals surface area contributed by atoms with E-state index in [-0.39, 0.29) is 11.7 Å². The van der Waals surface area contributed by atoms with Gasteiger partial charge >= 0.3 is 0 Å². The molecule has 0 amide bonds. The number of nitrogens with one attached hydrogen (secondary N) is 1. The van der Waals surface area contributed by atoms with Crippen molar-refractivity contribution in [2.45, 2.75) is 37.8 Å². The predicted molar refractivity (Wildman–Crippen MR) is 58.2 cm³/mol. The van der Waals surface area contributed by atoms with E-state index in [0.717, 1.165) is 18.9 Å². The van der Waals surface area contributed by atoms with E-state index >= 15 is 0 Å². The zero-order valence-electron chi connectivity index (χ0n) is 9.22. The summed E-state index contributed by atoms with van der Waals surface area (Å²) in [5.74, 6) is -3.17. The SMILES string of the molecule is OC1CCCCC1Nc1cc(F)cc(F)c1F. The second-order valence-corrected chi connectivity index (χ2v) is 4.35. The molecule has 0 heterocycles. The van der Waals surface area contributed by atoms with E-state index in [9.17, 15) is 18.3 Å². The number of hydrogen-bond acceptors (Lipinski definition) is 2. The maximum Gasteiger partial charge on any atom is 0.182 e. The summed E-state index contributed by atoms with van der Waals surface area (Å²) in [6.45, 7) is 0. The highest BCUT2D eigenvalue weighted by molar-refractivity contribution is 5.46. The fourth-order valence-electron chi connectivity index (χ4n) is 2.14. The van der Waals surface area contributed by atoms with Crippen molar-refractivity contribution >= 4 is 5.69 Å². The van der Waals surface area contributed by atoms with Gasteiger partial charge in [0.05, 0.1) is 17.8 Å². The first-order valence-corrected chi connectivity index (χ1v) is 5.67. The molecule has 2 rings (SSSR count). The molecule has 0 radical (unpaired) electrons. The number of aliphatic hydroxyl groups excluding tert-OH is 1. The quantitative estimate of drug-likeness (QED) is 0.785. The Kier molecular flexibility index (Phi) is 3.57. The highest BCUT2D eigenvalue weighted by Gasteiger charge is 2.24. The van der Waals surface area contributed by atoms with Crippen LogP contribution in [-0.4, -0.2) is 17.3 Å². The van der Waals surface area contributed by atoms with Crippen LogP contribution in [0.15, 0.2) is 12.1 Å². The minimum Gasteiger partial charge on any atom is -0.391 e. The van der Waals surface area contributed by atoms with Gasteiger partial charge in [-0.2, -0.15) is 0 Å². The van der Waals surface area contributed by atoms with Gasteiger partial charge in [-0.15, -0.1) is 0 Å². The molecule has 5 heteroatoms. The molecule has 0 bridgehead atoms. The van der Waals surface area contributed by atoms with Crippen LogP contribution < -0.4 is 5.32 Å². The molecular weight excluding hydrogens is 231 g/mol. The summed E-state index contributed by atoms with van der Waals surface area (Å²) in [7, 11) is 0. The molecule has 2 nitrogen and oxygen atoms in total. The van der Waals surface area contributed by atoms with Gasteiger partial charge in [0.1, 0.15) is 5.82 Å². The van der Waals surface area contributed by atoms with Crippen molar-refractivity contribution in [3.05, 3.63) is 29.6 Å². The first kappa shape index (κ1) is 12.2. The minimum atomic E-state index is -1.22. The lowest BCUT2D eigenvalue weighted by molar-refractivity contribution is 0.116. The summed E-state index contributed by atoms with van der Waals surface area (Å²) in [5.41, 5.74) is -0.228. The Morgan fingerprint density at radius 1 is 1.12 bits per heavy atom. The summed E-state index contributed by atoms with van der Waals surface area (Å²) in [4.78, 5) is 0. The number of rotatable bonds is 2. The molecule has 1 aromatic rings. The Labute approximate surface area is 97.5 Å². The molecule has 1 aliphatic rings. The van der Waals surface area contributed by atoms with Crippen molar-refractivity contribution < 1.29 is 18.3 Å². The third-order valence-electron chi connectivity index (χ3n) is 3.06. The van der Waals surface area contributed by atoms with Crippen molar-refractivity contribution in [2.75, 3.05) is 5.32 Å². The Morgan fingerprint density at radius 3 is 2.53 bits per heavy atom. The van der Waals surface area contributed by atoms with Crippen LogP contribution in [0.1, 0.15) is 25.7 Å². The molecule has 1 aromatic carbocycles. The molecule has 1 fully saturated rings. The van der Waals surface area contributed by atoms with Crippen molar-refractivity contribution in [2.24, 2.45) is 0 Å². The van der Waals surface area contributed by atoms with Gasteiger partial charge in [-0.25, -0.2) is 13.2 Å². The standard InChI is InChI=1S/C12H14F3NO/c13-7-5-8(14)12(15)10(6-7)16-9-3-1-2-4-11(9)17/h5-6,9,11,16-17H,1-4H2. The van der Waals surface area contributed by atoms with E-state index in [1.165, 1.54) is 0 Å². The number of hydrogen-bond donors (Lipinski definition) is 2. The van der Waals surface area contributed by atoms with E-state index < -0.39 is 23.6 Å². The molecule has 2 N–H and O–H groups in total. The number of benzene rings is 1. The van der Waals surface area contributed by atoms with Crippen molar-refractivity contribution in [1.82, 2.24) is 0 Å². The summed E-state index contributed by atoms with van der Waals surface area (Å²) in [6, 6.07) is 1.05. The van der Waals surface area contributed by atoms with Crippen LogP contribution >= 0.6 is 0 Å². The molecule has 17 heavy (non-hydrogen) atoms. The lowest BCUT2D eigenvalue weighted by atomic mass is 9.92. The average molecular weight is 245 g/mol. The van der Waals surface area contributed by atoms with Crippen LogP contribution in [0.3, 0.4) is 0 Å². The van der Waals surface area contributed by atoms with E-state index in [2.05, 4.69) is 5.32 Å². The Hall–Kier alpha value is -1.23. The molecule has 0 spiro atoms. The lowest BCUT2D eigenvalue weighted by Gasteiger charge is -2.29. The molecule has 94 valence electrons. The van der Waals surface area contributed by atoms with Gasteiger partial charge in [-0.1, -0.05) is 12.8 Å². The molecule has 0 aliphatic heterocycles. The number of anilines is 1. The van der Waals surface area contributed by atoms with E-state index in [0.29, 0.717) is 18.9 Å². The van der Waals surface area contributed by atoms with Crippen LogP contribution in [0.2, 0.25) is 0 Å². The maximum absolute atomic E-state index is 13.4. The molecule has 0 saturated heterocycles. The van der Waals surface area contributed by atoms with Crippen LogP contribution in [0.25, 0.3) is 0 Å². The Bertz CT molecular complexity index is 411. The monoisotopic (exact) mass is 245 g/mol. The van der Waals surface area contributed by atoms with Gasteiger partial charge < -0.3 is 10.4 Å². The van der Waals surface area contributed by atoms with Crippen LogP contribution in [0, 0.1) is 17.5 Å². The molecule has 0 aromatic heterocycles. The van der Waals surface area contributed by atoms with Gasteiger partial charge in [-0.3, -0.25) is 0 Å². The topological polar surface area (TPSA) is 32.3 Å². The Morgan fingerprint density at radius 2 is 1.82 bits per heavy atom. The highest BCUT2D eigenvalue weighted by Crippen LogP contribution is 2.25. The third-order valence-corrected chi connectivity index (χ3v) is 3.06. The molecular formula is C12H14F3NO. The van der Waals surface area contributed by atoms with Gasteiger partial charge in [0.2, 0.25) is 0 Å². The van der Waals surface area contributed by atoms with Crippen molar-refractivity contribution in [3.63, 3.8) is 0 Å². The van der Waals surface area contributed by atoms with Crippen LogP contribution in [-0.2, 0) is 0 Å². The molecule has 2 atom stereocenters. The van der Waals surface area contributed by atoms with Crippen LogP contribution in [0.4, 0.5) is 18.9 Å². The fraction of sp³-hybridized carbons (Fsp3) is 0.500. The summed E-state index contributed by atoms with van der Waals surface area (Å²) in [6.07, 6.45) is 2.51. The van der Waals surface area contributed by atoms with Gasteiger partial charge in [0.25, 0.3) is 0 Å². The smallest absolute Gasteiger partial charge is 0.182 e. The summed E-state index contributed by atoms with van der Waals surface area (Å²) in [5, 5.41) is 12.4. The zero-order chi connectivity index (χ0) is 12.4. The van der Waals surface area contributed by atoms with Crippen molar-refractivity contribution in [1.29, 1.82) is 0 Å². The number of halogens is 3. The second kappa shape index (κ2) is 4.96. The minimum absolute atomic E-state index is 0.228. The summed E-state index contributed by atoms with van der Waals surface area (Å²) >= 11 is 0. The zero-order valence-corrected chi connectivity index (χ0v) is 9.22. The first-order valence-electron chi connectivity index (χ1n) is 5.67. The maximum atomic E-state index is 13.4. The summed E-state index contributed by atoms with van der Waals surface area (Å²) < 4.78 is 39.3. The number of aliphatic hydroxyl groups is 1. The lowest BCUT2D eigenvalue weighted by Crippen LogP contribution is -2.36. The predicted octanol–water partition coefficient (Wildman–Crippen LogP) is 2.82. The largest absolute Gasteiger partial charge is 0.391 e. The normalized spacial score (nSPS) is 24.7. The van der Waals surface area contributed by atoms with Gasteiger partial charge in [-0.05, 0) is 12.8 Å². The highest BCUT2D eigenvalue weighted by atomic mass is 19.2. The second-order valence-electron chi connectivity index (χ2n) is 4.35. The molecule has 1 saturated carbocycles. The van der Waals surface area contributed by atoms with E-state index in [1.807, 2.05) is 0 Å². The van der Waals surface area contributed by atoms with Gasteiger partial charge in [0, 0.05) is 12.1 Å². The fourth-order valence-corrected chi connectivity index (χ4v) is 2.14. The molecule has 2 unspecified atom stereocenters. The third kappa shape index (κ3) is 2.72. The average Bonchev–Trinajstić information content (AvgIpc) is 2.28. The van der Waals surface area contributed by atoms with E-state index in [1.54, 1.807) is 0 Å². The molecule has 1 aliphatic carbocycles. The Balaban J connectivity index is 2.17. The van der Waals surface area contributed by atoms with Gasteiger partial charge in [0.15, 0.2) is 11.6 Å². The first-order chi connectivity index (χ1) is 8.08. The van der Waals surface area contributed by atoms with E-state index in [4.69, 9.17) is 0 Å².